The molecule has 158 valence electrons. The Bertz CT molecular complexity index is 1020. The van der Waals surface area contributed by atoms with E-state index in [1.54, 1.807) is 4.90 Å². The van der Waals surface area contributed by atoms with Gasteiger partial charge in [-0.2, -0.15) is 4.98 Å². The second kappa shape index (κ2) is 9.30. The Morgan fingerprint density at radius 2 is 1.87 bits per heavy atom. The van der Waals surface area contributed by atoms with Crippen molar-refractivity contribution in [2.75, 3.05) is 6.61 Å². The molecule has 0 fully saturated rings. The highest BCUT2D eigenvalue weighted by atomic mass is 35.5. The van der Waals surface area contributed by atoms with Crippen molar-refractivity contribution in [1.82, 2.24) is 15.0 Å². The zero-order valence-electron chi connectivity index (χ0n) is 17.9. The Hall–Kier alpha value is -2.86. The maximum Gasteiger partial charge on any atom is 0.261 e. The van der Waals surface area contributed by atoms with Crippen molar-refractivity contribution in [2.45, 2.75) is 47.2 Å². The molecule has 2 aromatic carbocycles. The summed E-state index contributed by atoms with van der Waals surface area (Å²) in [6.45, 7) is 9.83. The summed E-state index contributed by atoms with van der Waals surface area (Å²) in [7, 11) is 0. The minimum Gasteiger partial charge on any atom is -0.484 e. The van der Waals surface area contributed by atoms with Crippen molar-refractivity contribution in [3.63, 3.8) is 0 Å². The number of halogens is 1. The van der Waals surface area contributed by atoms with Crippen molar-refractivity contribution < 1.29 is 14.1 Å². The number of amides is 1. The highest BCUT2D eigenvalue weighted by molar-refractivity contribution is 6.32. The molecule has 0 radical (unpaired) electrons. The molecule has 0 bridgehead atoms. The van der Waals surface area contributed by atoms with E-state index in [1.165, 1.54) is 0 Å². The molecule has 0 spiro atoms. The third-order valence-electron chi connectivity index (χ3n) is 4.77. The van der Waals surface area contributed by atoms with Crippen LogP contribution in [0.2, 0.25) is 5.02 Å². The lowest BCUT2D eigenvalue weighted by molar-refractivity contribution is -0.136. The second-order valence-corrected chi connectivity index (χ2v) is 8.03. The predicted molar refractivity (Wildman–Crippen MR) is 117 cm³/mol. The van der Waals surface area contributed by atoms with Crippen LogP contribution >= 0.6 is 11.6 Å². The fourth-order valence-corrected chi connectivity index (χ4v) is 3.25. The van der Waals surface area contributed by atoms with Gasteiger partial charge in [0, 0.05) is 16.6 Å². The first-order valence-electron chi connectivity index (χ1n) is 9.83. The number of carbonyl (C=O) groups excluding carboxylic acids is 1. The van der Waals surface area contributed by atoms with Crippen LogP contribution in [0.25, 0.3) is 11.4 Å². The lowest BCUT2D eigenvalue weighted by atomic mass is 10.1. The molecule has 1 amide bonds. The number of aryl methyl sites for hydroxylation is 3. The number of rotatable bonds is 7. The van der Waals surface area contributed by atoms with Crippen LogP contribution in [0.15, 0.2) is 40.9 Å². The fourth-order valence-electron chi connectivity index (χ4n) is 3.14. The zero-order valence-corrected chi connectivity index (χ0v) is 18.7. The summed E-state index contributed by atoms with van der Waals surface area (Å²) >= 11 is 6.20. The summed E-state index contributed by atoms with van der Waals surface area (Å²) in [5, 5.41) is 4.76. The van der Waals surface area contributed by atoms with E-state index in [2.05, 4.69) is 10.1 Å². The van der Waals surface area contributed by atoms with E-state index in [9.17, 15) is 4.79 Å². The largest absolute Gasteiger partial charge is 0.484 e. The highest BCUT2D eigenvalue weighted by Gasteiger charge is 2.21. The number of nitrogens with zero attached hydrogens (tertiary/aromatic N) is 3. The maximum atomic E-state index is 12.8. The first kappa shape index (κ1) is 21.8. The van der Waals surface area contributed by atoms with Gasteiger partial charge in [-0.1, -0.05) is 40.5 Å². The predicted octanol–water partition coefficient (Wildman–Crippen LogP) is 5.13. The van der Waals surface area contributed by atoms with Gasteiger partial charge in [0.05, 0.1) is 0 Å². The van der Waals surface area contributed by atoms with Gasteiger partial charge in [-0.05, 0) is 63.9 Å². The molecule has 1 heterocycles. The zero-order chi connectivity index (χ0) is 21.8. The molecule has 0 atom stereocenters. The fraction of sp³-hybridized carbons (Fsp3) is 0.348. The van der Waals surface area contributed by atoms with Gasteiger partial charge in [-0.3, -0.25) is 4.79 Å². The Balaban J connectivity index is 1.68. The third kappa shape index (κ3) is 5.19. The van der Waals surface area contributed by atoms with E-state index >= 15 is 0 Å². The van der Waals surface area contributed by atoms with Gasteiger partial charge in [-0.25, -0.2) is 0 Å². The molecule has 30 heavy (non-hydrogen) atoms. The van der Waals surface area contributed by atoms with E-state index < -0.39 is 0 Å². The Morgan fingerprint density at radius 1 is 1.17 bits per heavy atom. The summed E-state index contributed by atoms with van der Waals surface area (Å²) in [5.74, 6) is 1.34. The SMILES string of the molecule is Cc1cccc(-c2noc(CN(C(=O)COc3cc(C)c(Cl)c(C)c3)C(C)C)n2)c1. The molecule has 0 N–H and O–H groups in total. The van der Waals surface area contributed by atoms with Crippen molar-refractivity contribution in [3.8, 4) is 17.1 Å². The molecule has 0 aliphatic carbocycles. The van der Waals surface area contributed by atoms with Gasteiger partial charge in [0.2, 0.25) is 11.7 Å². The van der Waals surface area contributed by atoms with Gasteiger partial charge in [0.15, 0.2) is 6.61 Å². The smallest absolute Gasteiger partial charge is 0.261 e. The first-order chi connectivity index (χ1) is 14.2. The highest BCUT2D eigenvalue weighted by Crippen LogP contribution is 2.26. The Morgan fingerprint density at radius 3 is 2.50 bits per heavy atom. The molecule has 0 aliphatic heterocycles. The van der Waals surface area contributed by atoms with Crippen LogP contribution in [0.1, 0.15) is 36.4 Å². The van der Waals surface area contributed by atoms with Crippen LogP contribution in [-0.2, 0) is 11.3 Å². The number of carbonyl (C=O) groups is 1. The maximum absolute atomic E-state index is 12.8. The molecule has 3 aromatic rings. The van der Waals surface area contributed by atoms with Gasteiger partial charge >= 0.3 is 0 Å². The van der Waals surface area contributed by atoms with E-state index in [0.717, 1.165) is 22.3 Å². The standard InChI is InChI=1S/C23H26ClN3O3/c1-14(2)27(21(28)13-29-19-10-16(4)22(24)17(5)11-19)12-20-25-23(26-30-20)18-8-6-7-15(3)9-18/h6-11,14H,12-13H2,1-5H3. The van der Waals surface area contributed by atoms with Crippen molar-refractivity contribution in [3.05, 3.63) is 64.0 Å². The summed E-state index contributed by atoms with van der Waals surface area (Å²) in [4.78, 5) is 18.9. The average molecular weight is 428 g/mol. The van der Waals surface area contributed by atoms with E-state index in [0.29, 0.717) is 22.5 Å². The second-order valence-electron chi connectivity index (χ2n) is 7.66. The Labute approximate surface area is 181 Å². The number of aromatic nitrogens is 2. The molecule has 1 aromatic heterocycles. The Kier molecular flexibility index (Phi) is 6.77. The summed E-state index contributed by atoms with van der Waals surface area (Å²) in [6, 6.07) is 11.5. The minimum absolute atomic E-state index is 0.0518. The van der Waals surface area contributed by atoms with Gasteiger partial charge in [0.25, 0.3) is 5.91 Å². The molecular formula is C23H26ClN3O3. The van der Waals surface area contributed by atoms with Crippen molar-refractivity contribution >= 4 is 17.5 Å². The van der Waals surface area contributed by atoms with Crippen LogP contribution in [0, 0.1) is 20.8 Å². The summed E-state index contributed by atoms with van der Waals surface area (Å²) in [5.41, 5.74) is 3.82. The van der Waals surface area contributed by atoms with E-state index in [4.69, 9.17) is 20.9 Å². The van der Waals surface area contributed by atoms with Gasteiger partial charge < -0.3 is 14.2 Å². The molecule has 0 unspecified atom stereocenters. The molecular weight excluding hydrogens is 402 g/mol. The third-order valence-corrected chi connectivity index (χ3v) is 5.36. The van der Waals surface area contributed by atoms with Crippen LogP contribution < -0.4 is 4.74 Å². The summed E-state index contributed by atoms with van der Waals surface area (Å²) in [6.07, 6.45) is 0. The molecule has 0 aliphatic rings. The monoisotopic (exact) mass is 427 g/mol. The molecule has 0 saturated carbocycles. The summed E-state index contributed by atoms with van der Waals surface area (Å²) < 4.78 is 11.1. The lowest BCUT2D eigenvalue weighted by Gasteiger charge is -2.25. The van der Waals surface area contributed by atoms with Gasteiger partial charge in [-0.15, -0.1) is 0 Å². The average Bonchev–Trinajstić information content (AvgIpc) is 3.17. The van der Waals surface area contributed by atoms with Crippen LogP contribution in [0.4, 0.5) is 0 Å². The molecule has 7 heteroatoms. The number of hydrogen-bond donors (Lipinski definition) is 0. The van der Waals surface area contributed by atoms with Crippen molar-refractivity contribution in [1.29, 1.82) is 0 Å². The number of ether oxygens (including phenoxy) is 1. The minimum atomic E-state index is -0.162. The van der Waals surface area contributed by atoms with E-state index in [1.807, 2.05) is 71.0 Å². The van der Waals surface area contributed by atoms with Crippen LogP contribution in [-0.4, -0.2) is 33.6 Å². The number of benzene rings is 2. The quantitative estimate of drug-likeness (QED) is 0.522. The first-order valence-corrected chi connectivity index (χ1v) is 10.2. The topological polar surface area (TPSA) is 68.5 Å². The van der Waals surface area contributed by atoms with Crippen molar-refractivity contribution in [2.24, 2.45) is 0 Å². The van der Waals surface area contributed by atoms with Gasteiger partial charge in [0.1, 0.15) is 12.3 Å². The molecule has 6 nitrogen and oxygen atoms in total. The van der Waals surface area contributed by atoms with Crippen LogP contribution in [0.5, 0.6) is 5.75 Å². The number of hydrogen-bond acceptors (Lipinski definition) is 5. The molecule has 0 saturated heterocycles. The molecule has 3 rings (SSSR count). The van der Waals surface area contributed by atoms with Crippen LogP contribution in [0.3, 0.4) is 0 Å². The van der Waals surface area contributed by atoms with E-state index in [-0.39, 0.29) is 25.1 Å². The normalized spacial score (nSPS) is 11.0. The lowest BCUT2D eigenvalue weighted by Crippen LogP contribution is -2.39.